The van der Waals surface area contributed by atoms with Crippen molar-refractivity contribution in [3.05, 3.63) is 81.8 Å². The lowest BCUT2D eigenvalue weighted by atomic mass is 10.0. The highest BCUT2D eigenvalue weighted by molar-refractivity contribution is 7.86. The lowest BCUT2D eigenvalue weighted by molar-refractivity contribution is 0.0639. The summed E-state index contributed by atoms with van der Waals surface area (Å²) in [6.45, 7) is 4.78. The van der Waals surface area contributed by atoms with Crippen LogP contribution in [0.5, 0.6) is 0 Å². The summed E-state index contributed by atoms with van der Waals surface area (Å²) in [6, 6.07) is 11.2. The number of amides is 1. The number of aliphatic hydroxyl groups is 1. The zero-order valence-corrected chi connectivity index (χ0v) is 21.1. The number of aromatic nitrogens is 1. The fraction of sp³-hybridized carbons (Fsp3) is 0.400. The minimum atomic E-state index is -1.70. The molecule has 194 valence electrons. The normalized spacial score (nSPS) is 18.1. The zero-order chi connectivity index (χ0) is 25.9. The number of aromatic amines is 1. The van der Waals surface area contributed by atoms with Crippen LogP contribution in [0.15, 0.2) is 70.1 Å². The van der Waals surface area contributed by atoms with Gasteiger partial charge in [-0.3, -0.25) is 14.6 Å². The fourth-order valence-corrected chi connectivity index (χ4v) is 4.93. The van der Waals surface area contributed by atoms with Crippen molar-refractivity contribution in [2.75, 3.05) is 26.7 Å². The van der Waals surface area contributed by atoms with Gasteiger partial charge in [0.25, 0.3) is 5.91 Å². The van der Waals surface area contributed by atoms with Gasteiger partial charge in [0.2, 0.25) is 0 Å². The van der Waals surface area contributed by atoms with Crippen LogP contribution in [0.1, 0.15) is 28.9 Å². The number of hydrogen-bond donors (Lipinski definition) is 4. The number of carbonyl (C=O) groups excluding carboxylic acids is 1. The first-order valence-electron chi connectivity index (χ1n) is 11.7. The van der Waals surface area contributed by atoms with Crippen molar-refractivity contribution in [2.45, 2.75) is 37.5 Å². The fourth-order valence-electron chi connectivity index (χ4n) is 3.88. The Morgan fingerprint density at radius 1 is 1.39 bits per heavy atom. The van der Waals surface area contributed by atoms with Crippen molar-refractivity contribution in [2.24, 2.45) is 4.99 Å². The van der Waals surface area contributed by atoms with E-state index in [9.17, 15) is 18.9 Å². The van der Waals surface area contributed by atoms with Gasteiger partial charge in [-0.05, 0) is 24.8 Å². The van der Waals surface area contributed by atoms with Gasteiger partial charge in [-0.25, -0.2) is 8.51 Å². The van der Waals surface area contributed by atoms with Crippen LogP contribution in [-0.2, 0) is 22.1 Å². The molecule has 1 fully saturated rings. The molecule has 1 aliphatic rings. The minimum Gasteiger partial charge on any atom is -0.390 e. The van der Waals surface area contributed by atoms with E-state index in [-0.39, 0.29) is 28.8 Å². The maximum Gasteiger partial charge on any atom is 0.268 e. The molecule has 1 amide bonds. The van der Waals surface area contributed by atoms with E-state index in [2.05, 4.69) is 27.2 Å². The molecule has 10 nitrogen and oxygen atoms in total. The summed E-state index contributed by atoms with van der Waals surface area (Å²) in [6.07, 6.45) is 3.63. The van der Waals surface area contributed by atoms with Gasteiger partial charge in [0.1, 0.15) is 21.7 Å². The molecular weight excluding hydrogens is 482 g/mol. The average Bonchev–Trinajstić information content (AvgIpc) is 3.39. The summed E-state index contributed by atoms with van der Waals surface area (Å²) >= 11 is 0. The first-order valence-corrected chi connectivity index (χ1v) is 12.8. The van der Waals surface area contributed by atoms with Crippen molar-refractivity contribution >= 4 is 23.2 Å². The topological polar surface area (TPSA) is 136 Å². The monoisotopic (exact) mass is 515 g/mol. The van der Waals surface area contributed by atoms with Crippen LogP contribution in [0.4, 0.5) is 0 Å². The van der Waals surface area contributed by atoms with E-state index in [1.165, 1.54) is 24.7 Å². The van der Waals surface area contributed by atoms with E-state index in [0.29, 0.717) is 19.6 Å². The molecule has 2 heterocycles. The number of aliphatic hydroxyl groups excluding tert-OH is 1. The number of aliphatic imine (C=N–C) groups is 1. The molecule has 4 atom stereocenters. The number of pyridine rings is 1. The Hall–Kier alpha value is -3.12. The van der Waals surface area contributed by atoms with Crippen molar-refractivity contribution in [3.63, 3.8) is 0 Å². The van der Waals surface area contributed by atoms with Gasteiger partial charge in [0.05, 0.1) is 24.6 Å². The molecule has 2 aromatic rings. The van der Waals surface area contributed by atoms with E-state index in [1.54, 1.807) is 11.4 Å². The Kier molecular flexibility index (Phi) is 10.6. The highest BCUT2D eigenvalue weighted by Gasteiger charge is 2.30. The standard InChI is InChI=1S/C25H33N5O5S/c1-18(28-17-26-2)36(34)30(15-21-9-6-12-35-21)16-24(32)22(13-19-7-4-3-5-8-19)29-25(33)23-14-20(31)10-11-27-23/h3-5,7-8,10-11,14,17,21-22,24,32H,1,6,9,12-13,15-16H2,2H3,(H,26,28)(H,27,31)(H,29,33). The van der Waals surface area contributed by atoms with Crippen molar-refractivity contribution in [1.29, 1.82) is 0 Å². The second kappa shape index (κ2) is 13.8. The Bertz CT molecular complexity index is 1120. The summed E-state index contributed by atoms with van der Waals surface area (Å²) in [5.41, 5.74) is 0.684. The van der Waals surface area contributed by atoms with E-state index < -0.39 is 29.0 Å². The summed E-state index contributed by atoms with van der Waals surface area (Å²) in [5.74, 6) is -0.523. The lowest BCUT2D eigenvalue weighted by Crippen LogP contribution is -2.51. The second-order valence-electron chi connectivity index (χ2n) is 8.46. The summed E-state index contributed by atoms with van der Waals surface area (Å²) in [7, 11) is -0.122. The molecule has 0 bridgehead atoms. The predicted molar refractivity (Wildman–Crippen MR) is 140 cm³/mol. The van der Waals surface area contributed by atoms with Gasteiger partial charge in [-0.1, -0.05) is 36.9 Å². The molecule has 1 aliphatic heterocycles. The molecule has 4 unspecified atom stereocenters. The van der Waals surface area contributed by atoms with Crippen LogP contribution >= 0.6 is 0 Å². The van der Waals surface area contributed by atoms with Gasteiger partial charge in [0.15, 0.2) is 5.43 Å². The maximum atomic E-state index is 13.3. The van der Waals surface area contributed by atoms with Crippen LogP contribution in [0.2, 0.25) is 0 Å². The van der Waals surface area contributed by atoms with Crippen LogP contribution < -0.4 is 16.1 Å². The number of hydrogen-bond acceptors (Lipinski definition) is 6. The van der Waals surface area contributed by atoms with Crippen molar-refractivity contribution in [3.8, 4) is 0 Å². The Labute approximate surface area is 213 Å². The number of carbonyl (C=O) groups is 1. The van der Waals surface area contributed by atoms with Gasteiger partial charge in [0, 0.05) is 45.1 Å². The number of nitrogens with zero attached hydrogens (tertiary/aromatic N) is 2. The van der Waals surface area contributed by atoms with Gasteiger partial charge < -0.3 is 25.5 Å². The molecule has 11 heteroatoms. The molecule has 3 rings (SSSR count). The molecular formula is C25H33N5O5S. The first kappa shape index (κ1) is 27.5. The number of ether oxygens (including phenoxy) is 1. The largest absolute Gasteiger partial charge is 0.390 e. The van der Waals surface area contributed by atoms with Gasteiger partial charge in [-0.2, -0.15) is 0 Å². The molecule has 0 radical (unpaired) electrons. The number of rotatable bonds is 13. The third kappa shape index (κ3) is 8.23. The summed E-state index contributed by atoms with van der Waals surface area (Å²) in [5, 5.41) is 17.1. The van der Waals surface area contributed by atoms with Crippen molar-refractivity contribution < 1.29 is 18.8 Å². The zero-order valence-electron chi connectivity index (χ0n) is 20.3. The molecule has 0 spiro atoms. The minimum absolute atomic E-state index is 0.0144. The quantitative estimate of drug-likeness (QED) is 0.232. The molecule has 1 aromatic carbocycles. The molecule has 1 saturated heterocycles. The predicted octanol–water partition coefficient (Wildman–Crippen LogP) is 0.941. The average molecular weight is 516 g/mol. The number of nitrogens with one attached hydrogen (secondary N) is 3. The highest BCUT2D eigenvalue weighted by atomic mass is 32.2. The van der Waals surface area contributed by atoms with Crippen LogP contribution in [0.25, 0.3) is 0 Å². The first-order chi connectivity index (χ1) is 17.4. The maximum absolute atomic E-state index is 13.3. The summed E-state index contributed by atoms with van der Waals surface area (Å²) < 4.78 is 20.6. The molecule has 4 N–H and O–H groups in total. The van der Waals surface area contributed by atoms with Crippen LogP contribution in [0.3, 0.4) is 0 Å². The number of H-pyrrole nitrogens is 1. The van der Waals surface area contributed by atoms with Gasteiger partial charge in [-0.15, -0.1) is 0 Å². The smallest absolute Gasteiger partial charge is 0.268 e. The molecule has 0 aliphatic carbocycles. The number of benzene rings is 1. The SMILES string of the molecule is C=C(NC=NC)S(=O)N(CC1CCCO1)CC(O)C(Cc1ccccc1)NC(=O)c1cc(=O)cc[nH]1. The van der Waals surface area contributed by atoms with E-state index in [4.69, 9.17) is 4.74 Å². The lowest BCUT2D eigenvalue weighted by Gasteiger charge is -2.31. The van der Waals surface area contributed by atoms with Crippen molar-refractivity contribution in [1.82, 2.24) is 19.9 Å². The van der Waals surface area contributed by atoms with E-state index in [1.807, 2.05) is 30.3 Å². The third-order valence-corrected chi connectivity index (χ3v) is 7.03. The Morgan fingerprint density at radius 3 is 2.83 bits per heavy atom. The molecule has 1 aromatic heterocycles. The molecule has 0 saturated carbocycles. The molecule has 36 heavy (non-hydrogen) atoms. The van der Waals surface area contributed by atoms with Gasteiger partial charge >= 0.3 is 0 Å². The third-order valence-electron chi connectivity index (χ3n) is 5.72. The Balaban J connectivity index is 1.80. The van der Waals surface area contributed by atoms with Crippen LogP contribution in [0, 0.1) is 0 Å². The summed E-state index contributed by atoms with van der Waals surface area (Å²) in [4.78, 5) is 31.2. The Morgan fingerprint density at radius 2 is 2.17 bits per heavy atom. The van der Waals surface area contributed by atoms with Crippen LogP contribution in [-0.4, -0.2) is 75.8 Å². The van der Waals surface area contributed by atoms with E-state index >= 15 is 0 Å². The second-order valence-corrected chi connectivity index (χ2v) is 9.97. The highest BCUT2D eigenvalue weighted by Crippen LogP contribution is 2.17. The van der Waals surface area contributed by atoms with E-state index in [0.717, 1.165) is 18.4 Å².